The monoisotopic (exact) mass is 467 g/mol. The van der Waals surface area contributed by atoms with Crippen LogP contribution in [0.15, 0.2) is 42.0 Å². The van der Waals surface area contributed by atoms with Crippen LogP contribution in [0.5, 0.6) is 5.75 Å². The van der Waals surface area contributed by atoms with Crippen LogP contribution in [0.2, 0.25) is 0 Å². The van der Waals surface area contributed by atoms with Crippen LogP contribution < -0.4 is 15.2 Å². The maximum atomic E-state index is 13.1. The standard InChI is InChI=1S/C23H21N3O6S/c1-4-8-26-15-9-14(6-7-17(15)32-11-18(26)28)16(27)10-25-12-24-21-19(22(25)29)13(3)20(33-21)23(30)31-5-2/h4,6-7,9,12H,1,5,8,10-11H2,2-3H3. The van der Waals surface area contributed by atoms with Crippen LogP contribution in [0.4, 0.5) is 5.69 Å². The molecule has 1 aromatic carbocycles. The molecule has 1 aliphatic rings. The van der Waals surface area contributed by atoms with Gasteiger partial charge in [0.1, 0.15) is 15.5 Å². The predicted octanol–water partition coefficient (Wildman–Crippen LogP) is 2.74. The molecule has 0 unspecified atom stereocenters. The van der Waals surface area contributed by atoms with Gasteiger partial charge in [0, 0.05) is 12.1 Å². The van der Waals surface area contributed by atoms with Crippen molar-refractivity contribution >= 4 is 44.9 Å². The van der Waals surface area contributed by atoms with E-state index in [2.05, 4.69) is 11.6 Å². The largest absolute Gasteiger partial charge is 0.482 e. The summed E-state index contributed by atoms with van der Waals surface area (Å²) >= 11 is 1.09. The fraction of sp³-hybridized carbons (Fsp3) is 0.261. The number of aromatic nitrogens is 2. The van der Waals surface area contributed by atoms with Gasteiger partial charge in [-0.25, -0.2) is 9.78 Å². The number of Topliss-reactive ketones (excluding diaryl/α,β-unsaturated/α-hetero) is 1. The molecule has 0 atom stereocenters. The molecule has 1 aliphatic heterocycles. The lowest BCUT2D eigenvalue weighted by molar-refractivity contribution is -0.121. The summed E-state index contributed by atoms with van der Waals surface area (Å²) in [5, 5.41) is 0.292. The normalized spacial score (nSPS) is 12.9. The Morgan fingerprint density at radius 1 is 1.33 bits per heavy atom. The Hall–Kier alpha value is -3.79. The summed E-state index contributed by atoms with van der Waals surface area (Å²) in [6, 6.07) is 4.79. The fourth-order valence-electron chi connectivity index (χ4n) is 3.61. The molecule has 0 radical (unpaired) electrons. The van der Waals surface area contributed by atoms with E-state index < -0.39 is 11.5 Å². The van der Waals surface area contributed by atoms with Gasteiger partial charge in [-0.3, -0.25) is 19.0 Å². The van der Waals surface area contributed by atoms with E-state index in [1.807, 2.05) is 0 Å². The molecule has 170 valence electrons. The smallest absolute Gasteiger partial charge is 0.348 e. The van der Waals surface area contributed by atoms with Crippen LogP contribution in [-0.2, 0) is 16.1 Å². The van der Waals surface area contributed by atoms with E-state index in [9.17, 15) is 19.2 Å². The number of amides is 1. The molecule has 9 nitrogen and oxygen atoms in total. The molecular formula is C23H21N3O6S. The average molecular weight is 468 g/mol. The van der Waals surface area contributed by atoms with Crippen LogP contribution in [0, 0.1) is 6.92 Å². The Morgan fingerprint density at radius 2 is 2.12 bits per heavy atom. The Balaban J connectivity index is 1.66. The molecule has 0 spiro atoms. The Bertz CT molecular complexity index is 1360. The number of ether oxygens (including phenoxy) is 2. The van der Waals surface area contributed by atoms with E-state index in [1.165, 1.54) is 15.8 Å². The lowest BCUT2D eigenvalue weighted by Gasteiger charge is -2.28. The molecule has 0 fully saturated rings. The van der Waals surface area contributed by atoms with Crippen LogP contribution in [0.3, 0.4) is 0 Å². The second-order valence-corrected chi connectivity index (χ2v) is 8.32. The maximum absolute atomic E-state index is 13.1. The van der Waals surface area contributed by atoms with Gasteiger partial charge in [0.05, 0.1) is 30.6 Å². The quantitative estimate of drug-likeness (QED) is 0.299. The van der Waals surface area contributed by atoms with E-state index in [0.717, 1.165) is 11.3 Å². The zero-order valence-corrected chi connectivity index (χ0v) is 18.9. The van der Waals surface area contributed by atoms with Crippen molar-refractivity contribution in [1.29, 1.82) is 0 Å². The number of thiophene rings is 1. The number of carbonyl (C=O) groups is 3. The van der Waals surface area contributed by atoms with Gasteiger partial charge in [0.2, 0.25) is 0 Å². The minimum atomic E-state index is -0.505. The van der Waals surface area contributed by atoms with Gasteiger partial charge < -0.3 is 14.4 Å². The van der Waals surface area contributed by atoms with Gasteiger partial charge >= 0.3 is 5.97 Å². The molecule has 0 aliphatic carbocycles. The topological polar surface area (TPSA) is 108 Å². The maximum Gasteiger partial charge on any atom is 0.348 e. The second-order valence-electron chi connectivity index (χ2n) is 7.32. The van der Waals surface area contributed by atoms with E-state index >= 15 is 0 Å². The Morgan fingerprint density at radius 3 is 2.85 bits per heavy atom. The average Bonchev–Trinajstić information content (AvgIpc) is 3.14. The lowest BCUT2D eigenvalue weighted by atomic mass is 10.1. The molecule has 1 amide bonds. The second kappa shape index (κ2) is 8.99. The fourth-order valence-corrected chi connectivity index (χ4v) is 4.65. The molecule has 10 heteroatoms. The first kappa shape index (κ1) is 22.4. The number of carbonyl (C=O) groups excluding carboxylic acids is 3. The first-order valence-electron chi connectivity index (χ1n) is 10.2. The molecule has 4 rings (SSSR count). The summed E-state index contributed by atoms with van der Waals surface area (Å²) in [5.74, 6) is -0.581. The Labute approximate surface area is 192 Å². The summed E-state index contributed by atoms with van der Waals surface area (Å²) in [7, 11) is 0. The Kier molecular flexibility index (Phi) is 6.10. The number of esters is 1. The summed E-state index contributed by atoms with van der Waals surface area (Å²) in [4.78, 5) is 56.9. The SMILES string of the molecule is C=CCN1C(=O)COc2ccc(C(=O)Cn3cnc4sc(C(=O)OCC)c(C)c4c3=O)cc21. The zero-order chi connectivity index (χ0) is 23.7. The van der Waals surface area contributed by atoms with Crippen LogP contribution in [-0.4, -0.2) is 47.0 Å². The highest BCUT2D eigenvalue weighted by Crippen LogP contribution is 2.33. The van der Waals surface area contributed by atoms with Crippen molar-refractivity contribution in [2.75, 3.05) is 24.7 Å². The zero-order valence-electron chi connectivity index (χ0n) is 18.1. The van der Waals surface area contributed by atoms with Crippen molar-refractivity contribution in [3.63, 3.8) is 0 Å². The molecule has 3 aromatic rings. The van der Waals surface area contributed by atoms with Gasteiger partial charge in [0.15, 0.2) is 12.4 Å². The highest BCUT2D eigenvalue weighted by Gasteiger charge is 2.26. The highest BCUT2D eigenvalue weighted by atomic mass is 32.1. The molecule has 0 bridgehead atoms. The number of fused-ring (bicyclic) bond motifs is 2. The summed E-state index contributed by atoms with van der Waals surface area (Å²) < 4.78 is 11.7. The number of ketones is 1. The number of benzene rings is 1. The molecule has 0 saturated carbocycles. The third-order valence-electron chi connectivity index (χ3n) is 5.23. The van der Waals surface area contributed by atoms with Crippen molar-refractivity contribution in [1.82, 2.24) is 9.55 Å². The van der Waals surface area contributed by atoms with E-state index in [4.69, 9.17) is 9.47 Å². The third-order valence-corrected chi connectivity index (χ3v) is 6.41. The van der Waals surface area contributed by atoms with Crippen LogP contribution >= 0.6 is 11.3 Å². The van der Waals surface area contributed by atoms with Crippen molar-refractivity contribution < 1.29 is 23.9 Å². The molecule has 33 heavy (non-hydrogen) atoms. The summed E-state index contributed by atoms with van der Waals surface area (Å²) in [5.41, 5.74) is 0.868. The summed E-state index contributed by atoms with van der Waals surface area (Å²) in [6.45, 7) is 7.21. The van der Waals surface area contributed by atoms with E-state index in [-0.39, 0.29) is 38.0 Å². The molecule has 3 heterocycles. The van der Waals surface area contributed by atoms with Gasteiger partial charge in [0.25, 0.3) is 11.5 Å². The number of hydrogen-bond donors (Lipinski definition) is 0. The molecule has 2 aromatic heterocycles. The lowest BCUT2D eigenvalue weighted by Crippen LogP contribution is -2.39. The van der Waals surface area contributed by atoms with Crippen molar-refractivity contribution in [2.45, 2.75) is 20.4 Å². The van der Waals surface area contributed by atoms with Crippen molar-refractivity contribution in [3.05, 3.63) is 63.5 Å². The van der Waals surface area contributed by atoms with Gasteiger partial charge in [-0.1, -0.05) is 6.08 Å². The van der Waals surface area contributed by atoms with E-state index in [0.29, 0.717) is 37.7 Å². The third kappa shape index (κ3) is 4.05. The number of rotatable bonds is 7. The van der Waals surface area contributed by atoms with Crippen molar-refractivity contribution in [3.8, 4) is 5.75 Å². The van der Waals surface area contributed by atoms with Gasteiger partial charge in [-0.05, 0) is 37.6 Å². The number of nitrogens with zero attached hydrogens (tertiary/aromatic N) is 3. The van der Waals surface area contributed by atoms with Gasteiger partial charge in [-0.2, -0.15) is 0 Å². The molecular weight excluding hydrogens is 446 g/mol. The summed E-state index contributed by atoms with van der Waals surface area (Å²) in [6.07, 6.45) is 2.89. The van der Waals surface area contributed by atoms with Crippen LogP contribution in [0.1, 0.15) is 32.5 Å². The van der Waals surface area contributed by atoms with E-state index in [1.54, 1.807) is 38.1 Å². The number of aryl methyl sites for hydroxylation is 1. The molecule has 0 saturated heterocycles. The number of hydrogen-bond acceptors (Lipinski definition) is 8. The first-order valence-corrected chi connectivity index (χ1v) is 11.0. The van der Waals surface area contributed by atoms with Gasteiger partial charge in [-0.15, -0.1) is 17.9 Å². The highest BCUT2D eigenvalue weighted by molar-refractivity contribution is 7.20. The number of anilines is 1. The predicted molar refractivity (Wildman–Crippen MR) is 123 cm³/mol. The molecule has 0 N–H and O–H groups in total. The minimum Gasteiger partial charge on any atom is -0.482 e. The minimum absolute atomic E-state index is 0.0804. The van der Waals surface area contributed by atoms with Crippen molar-refractivity contribution in [2.24, 2.45) is 0 Å². The first-order chi connectivity index (χ1) is 15.8. The van der Waals surface area contributed by atoms with Crippen LogP contribution in [0.25, 0.3) is 10.2 Å².